The van der Waals surface area contributed by atoms with Gasteiger partial charge in [-0.25, -0.2) is 4.39 Å². The molecule has 0 aliphatic carbocycles. The minimum Gasteiger partial charge on any atom is -0.288 e. The molecule has 0 aromatic heterocycles. The zero-order valence-electron chi connectivity index (χ0n) is 9.51. The summed E-state index contributed by atoms with van der Waals surface area (Å²) >= 11 is 9.29. The lowest BCUT2D eigenvalue weighted by molar-refractivity contribution is 0.103. The van der Waals surface area contributed by atoms with Gasteiger partial charge in [-0.2, -0.15) is 0 Å². The number of ketones is 1. The van der Waals surface area contributed by atoms with Gasteiger partial charge in [-0.05, 0) is 36.8 Å². The Kier molecular flexibility index (Phi) is 3.83. The molecule has 2 aromatic rings. The van der Waals surface area contributed by atoms with E-state index in [1.54, 1.807) is 31.2 Å². The van der Waals surface area contributed by atoms with Crippen LogP contribution in [0.3, 0.4) is 0 Å². The molecule has 4 heteroatoms. The average Bonchev–Trinajstić information content (AvgIpc) is 2.35. The molecule has 1 nitrogen and oxygen atoms in total. The third-order valence-corrected chi connectivity index (χ3v) is 3.60. The number of rotatable bonds is 2. The van der Waals surface area contributed by atoms with Gasteiger partial charge in [0.05, 0.1) is 10.6 Å². The van der Waals surface area contributed by atoms with Crippen molar-refractivity contribution < 1.29 is 9.18 Å². The van der Waals surface area contributed by atoms with Crippen LogP contribution in [-0.2, 0) is 0 Å². The van der Waals surface area contributed by atoms with E-state index in [4.69, 9.17) is 11.6 Å². The first-order valence-corrected chi connectivity index (χ1v) is 6.42. The molecule has 0 atom stereocenters. The van der Waals surface area contributed by atoms with Crippen LogP contribution >= 0.6 is 27.5 Å². The van der Waals surface area contributed by atoms with Gasteiger partial charge in [0.2, 0.25) is 0 Å². The summed E-state index contributed by atoms with van der Waals surface area (Å²) in [7, 11) is 0. The molecular weight excluding hydrogens is 319 g/mol. The lowest BCUT2D eigenvalue weighted by Gasteiger charge is -2.07. The molecule has 0 amide bonds. The number of hydrogen-bond donors (Lipinski definition) is 0. The van der Waals surface area contributed by atoms with Crippen LogP contribution < -0.4 is 0 Å². The largest absolute Gasteiger partial charge is 0.288 e. The Balaban J connectivity index is 2.55. The van der Waals surface area contributed by atoms with Crippen molar-refractivity contribution in [1.29, 1.82) is 0 Å². The van der Waals surface area contributed by atoms with Crippen molar-refractivity contribution in [2.75, 3.05) is 0 Å². The van der Waals surface area contributed by atoms with E-state index in [1.807, 2.05) is 0 Å². The molecule has 18 heavy (non-hydrogen) atoms. The van der Waals surface area contributed by atoms with Crippen LogP contribution in [0, 0.1) is 12.7 Å². The molecular formula is C14H9BrClFO. The maximum atomic E-state index is 13.7. The van der Waals surface area contributed by atoms with E-state index < -0.39 is 11.6 Å². The number of halogens is 3. The van der Waals surface area contributed by atoms with Gasteiger partial charge >= 0.3 is 0 Å². The molecule has 0 unspecified atom stereocenters. The van der Waals surface area contributed by atoms with Crippen molar-refractivity contribution in [3.8, 4) is 0 Å². The smallest absolute Gasteiger partial charge is 0.197 e. The minimum atomic E-state index is -0.555. The lowest BCUT2D eigenvalue weighted by atomic mass is 10.0. The standard InChI is InChI=1S/C14H9BrClFO/c1-8-3-2-4-10(13(8)16)14(18)11-7-9(15)5-6-12(11)17/h2-7H,1H3. The van der Waals surface area contributed by atoms with Crippen LogP contribution in [0.25, 0.3) is 0 Å². The topological polar surface area (TPSA) is 17.1 Å². The van der Waals surface area contributed by atoms with Gasteiger partial charge in [-0.3, -0.25) is 4.79 Å². The van der Waals surface area contributed by atoms with Crippen molar-refractivity contribution in [2.45, 2.75) is 6.92 Å². The van der Waals surface area contributed by atoms with E-state index in [1.165, 1.54) is 12.1 Å². The van der Waals surface area contributed by atoms with Crippen molar-refractivity contribution in [1.82, 2.24) is 0 Å². The van der Waals surface area contributed by atoms with Gasteiger partial charge < -0.3 is 0 Å². The number of carbonyl (C=O) groups is 1. The highest BCUT2D eigenvalue weighted by molar-refractivity contribution is 9.10. The molecule has 0 radical (unpaired) electrons. The molecule has 0 bridgehead atoms. The third kappa shape index (κ3) is 2.47. The molecule has 0 saturated heterocycles. The molecule has 0 aliphatic heterocycles. The van der Waals surface area contributed by atoms with Crippen LogP contribution in [0.4, 0.5) is 4.39 Å². The third-order valence-electron chi connectivity index (χ3n) is 2.61. The second-order valence-electron chi connectivity index (χ2n) is 3.89. The Hall–Kier alpha value is -1.19. The summed E-state index contributed by atoms with van der Waals surface area (Å²) in [4.78, 5) is 12.2. The molecule has 2 aromatic carbocycles. The maximum Gasteiger partial charge on any atom is 0.197 e. The van der Waals surface area contributed by atoms with E-state index >= 15 is 0 Å². The summed E-state index contributed by atoms with van der Waals surface area (Å²) < 4.78 is 14.3. The predicted octanol–water partition coefficient (Wildman–Crippen LogP) is 4.78. The highest BCUT2D eigenvalue weighted by atomic mass is 79.9. The second-order valence-corrected chi connectivity index (χ2v) is 5.18. The van der Waals surface area contributed by atoms with Gasteiger partial charge in [0.15, 0.2) is 5.78 Å². The first-order valence-electron chi connectivity index (χ1n) is 5.25. The fraction of sp³-hybridized carbons (Fsp3) is 0.0714. The molecule has 0 spiro atoms. The minimum absolute atomic E-state index is 0.0110. The monoisotopic (exact) mass is 326 g/mol. The Bertz CT molecular complexity index is 621. The fourth-order valence-corrected chi connectivity index (χ4v) is 2.21. The highest BCUT2D eigenvalue weighted by Gasteiger charge is 2.17. The summed E-state index contributed by atoms with van der Waals surface area (Å²) in [6, 6.07) is 9.38. The van der Waals surface area contributed by atoms with E-state index in [9.17, 15) is 9.18 Å². The molecule has 0 saturated carbocycles. The lowest BCUT2D eigenvalue weighted by Crippen LogP contribution is -2.05. The molecule has 92 valence electrons. The molecule has 0 heterocycles. The fourth-order valence-electron chi connectivity index (χ4n) is 1.64. The Labute approximate surface area is 118 Å². The van der Waals surface area contributed by atoms with Gasteiger partial charge in [0, 0.05) is 10.0 Å². The Morgan fingerprint density at radius 2 is 1.94 bits per heavy atom. The maximum absolute atomic E-state index is 13.7. The quantitative estimate of drug-likeness (QED) is 0.725. The van der Waals surface area contributed by atoms with Crippen molar-refractivity contribution >= 4 is 33.3 Å². The van der Waals surface area contributed by atoms with Crippen molar-refractivity contribution in [3.63, 3.8) is 0 Å². The first kappa shape index (κ1) is 13.2. The van der Waals surface area contributed by atoms with Gasteiger partial charge in [0.25, 0.3) is 0 Å². The SMILES string of the molecule is Cc1cccc(C(=O)c2cc(Br)ccc2F)c1Cl. The van der Waals surface area contributed by atoms with Crippen LogP contribution in [0.1, 0.15) is 21.5 Å². The normalized spacial score (nSPS) is 10.4. The molecule has 0 fully saturated rings. The van der Waals surface area contributed by atoms with Gasteiger partial charge in [-0.1, -0.05) is 39.7 Å². The summed E-state index contributed by atoms with van der Waals surface area (Å²) in [5, 5.41) is 0.363. The van der Waals surface area contributed by atoms with Crippen LogP contribution in [0.2, 0.25) is 5.02 Å². The van der Waals surface area contributed by atoms with E-state index in [2.05, 4.69) is 15.9 Å². The predicted molar refractivity (Wildman–Crippen MR) is 73.7 cm³/mol. The second kappa shape index (κ2) is 5.21. The van der Waals surface area contributed by atoms with Crippen LogP contribution in [0.5, 0.6) is 0 Å². The summed E-state index contributed by atoms with van der Waals surface area (Å²) in [5.41, 5.74) is 1.11. The van der Waals surface area contributed by atoms with Gasteiger partial charge in [0.1, 0.15) is 5.82 Å². The number of hydrogen-bond acceptors (Lipinski definition) is 1. The number of benzene rings is 2. The van der Waals surface area contributed by atoms with Crippen LogP contribution in [0.15, 0.2) is 40.9 Å². The first-order chi connectivity index (χ1) is 8.50. The summed E-state index contributed by atoms with van der Waals surface area (Å²) in [5.74, 6) is -0.969. The number of carbonyl (C=O) groups excluding carboxylic acids is 1. The molecule has 2 rings (SSSR count). The average molecular weight is 328 g/mol. The van der Waals surface area contributed by atoms with E-state index in [0.717, 1.165) is 5.56 Å². The molecule has 0 N–H and O–H groups in total. The van der Waals surface area contributed by atoms with Crippen molar-refractivity contribution in [2.24, 2.45) is 0 Å². The molecule has 0 aliphatic rings. The summed E-state index contributed by atoms with van der Waals surface area (Å²) in [6.45, 7) is 1.80. The highest BCUT2D eigenvalue weighted by Crippen LogP contribution is 2.25. The Morgan fingerprint density at radius 3 is 2.67 bits per heavy atom. The van der Waals surface area contributed by atoms with Gasteiger partial charge in [-0.15, -0.1) is 0 Å². The van der Waals surface area contributed by atoms with E-state index in [-0.39, 0.29) is 5.56 Å². The Morgan fingerprint density at radius 1 is 1.22 bits per heavy atom. The van der Waals surface area contributed by atoms with Crippen molar-refractivity contribution in [3.05, 3.63) is 68.4 Å². The van der Waals surface area contributed by atoms with Crippen LogP contribution in [-0.4, -0.2) is 5.78 Å². The zero-order valence-corrected chi connectivity index (χ0v) is 11.8. The zero-order chi connectivity index (χ0) is 13.3. The number of aryl methyl sites for hydroxylation is 1. The summed E-state index contributed by atoms with van der Waals surface area (Å²) in [6.07, 6.45) is 0. The van der Waals surface area contributed by atoms with E-state index in [0.29, 0.717) is 15.1 Å².